The number of amides is 1. The van der Waals surface area contributed by atoms with Gasteiger partial charge in [0.1, 0.15) is 41.7 Å². The van der Waals surface area contributed by atoms with Crippen LogP contribution in [0.3, 0.4) is 0 Å². The third-order valence-corrected chi connectivity index (χ3v) is 6.66. The molecular formula is C25H27FN6O2. The highest BCUT2D eigenvalue weighted by Gasteiger charge is 2.43. The van der Waals surface area contributed by atoms with Gasteiger partial charge in [0.05, 0.1) is 12.7 Å². The maximum absolute atomic E-state index is 13.6. The summed E-state index contributed by atoms with van der Waals surface area (Å²) in [5, 5.41) is 9.26. The number of carbonyl (C=O) groups excluding carboxylic acids is 1. The quantitative estimate of drug-likeness (QED) is 0.687. The predicted molar refractivity (Wildman–Crippen MR) is 128 cm³/mol. The zero-order valence-electron chi connectivity index (χ0n) is 18.9. The highest BCUT2D eigenvalue weighted by Crippen LogP contribution is 2.38. The fourth-order valence-corrected chi connectivity index (χ4v) is 4.89. The summed E-state index contributed by atoms with van der Waals surface area (Å²) in [5.74, 6) is 1.35. The molecule has 1 saturated carbocycles. The minimum atomic E-state index is -0.492. The highest BCUT2D eigenvalue weighted by molar-refractivity contribution is 6.01. The number of hydrogen-bond acceptors (Lipinski definition) is 7. The van der Waals surface area contributed by atoms with E-state index in [1.54, 1.807) is 0 Å². The number of hydrazone groups is 1. The fraction of sp³-hybridized carbons (Fsp3) is 0.360. The van der Waals surface area contributed by atoms with Crippen molar-refractivity contribution in [2.45, 2.75) is 44.3 Å². The van der Waals surface area contributed by atoms with Gasteiger partial charge in [0.15, 0.2) is 0 Å². The van der Waals surface area contributed by atoms with Gasteiger partial charge in [0.25, 0.3) is 5.91 Å². The molecule has 3 N–H and O–H groups in total. The van der Waals surface area contributed by atoms with Crippen molar-refractivity contribution in [3.05, 3.63) is 65.0 Å². The number of nitrogens with one attached hydrogen (secondary N) is 1. The smallest absolute Gasteiger partial charge is 0.255 e. The van der Waals surface area contributed by atoms with Crippen LogP contribution in [0.25, 0.3) is 0 Å². The van der Waals surface area contributed by atoms with Crippen molar-refractivity contribution in [1.29, 1.82) is 0 Å². The number of aliphatic imine (C=N–C) groups is 2. The number of carbonyl (C=O) groups is 1. The molecule has 34 heavy (non-hydrogen) atoms. The summed E-state index contributed by atoms with van der Waals surface area (Å²) in [6, 6.07) is 11.4. The first-order valence-electron chi connectivity index (χ1n) is 11.5. The molecule has 5 rings (SSSR count). The molecule has 2 aromatic rings. The molecular weight excluding hydrogens is 435 g/mol. The Balaban J connectivity index is 1.31. The summed E-state index contributed by atoms with van der Waals surface area (Å²) < 4.78 is 18.8. The van der Waals surface area contributed by atoms with Crippen LogP contribution in [0.2, 0.25) is 0 Å². The van der Waals surface area contributed by atoms with Gasteiger partial charge < -0.3 is 15.8 Å². The van der Waals surface area contributed by atoms with Gasteiger partial charge in [0, 0.05) is 12.5 Å². The molecule has 1 amide bonds. The number of methoxy groups -OCH3 is 1. The zero-order valence-corrected chi connectivity index (χ0v) is 18.9. The molecule has 0 radical (unpaired) electrons. The molecule has 0 spiro atoms. The summed E-state index contributed by atoms with van der Waals surface area (Å²) >= 11 is 0. The number of ether oxygens (including phenoxy) is 1. The average Bonchev–Trinajstić information content (AvgIpc) is 3.52. The van der Waals surface area contributed by atoms with E-state index in [1.165, 1.54) is 44.5 Å². The van der Waals surface area contributed by atoms with E-state index in [1.807, 2.05) is 29.3 Å². The minimum Gasteiger partial charge on any atom is -0.496 e. The van der Waals surface area contributed by atoms with E-state index in [4.69, 9.17) is 15.5 Å². The lowest BCUT2D eigenvalue weighted by Gasteiger charge is -2.29. The third-order valence-electron chi connectivity index (χ3n) is 6.66. The molecule has 1 aliphatic carbocycles. The second-order valence-corrected chi connectivity index (χ2v) is 8.76. The van der Waals surface area contributed by atoms with Crippen molar-refractivity contribution in [2.24, 2.45) is 26.7 Å². The molecule has 9 heteroatoms. The van der Waals surface area contributed by atoms with Crippen LogP contribution in [0.1, 0.15) is 53.2 Å². The summed E-state index contributed by atoms with van der Waals surface area (Å²) in [6.07, 6.45) is 6.16. The number of nitrogens with zero attached hydrogens (tertiary/aromatic N) is 4. The third kappa shape index (κ3) is 4.13. The van der Waals surface area contributed by atoms with Gasteiger partial charge in [-0.1, -0.05) is 37.1 Å². The molecule has 2 aliphatic heterocycles. The van der Waals surface area contributed by atoms with E-state index in [0.29, 0.717) is 24.0 Å². The zero-order chi connectivity index (χ0) is 23.7. The van der Waals surface area contributed by atoms with Gasteiger partial charge in [-0.2, -0.15) is 5.10 Å². The van der Waals surface area contributed by atoms with E-state index < -0.39 is 11.7 Å². The molecule has 0 aromatic heterocycles. The number of halogens is 1. The van der Waals surface area contributed by atoms with E-state index in [2.05, 4.69) is 15.4 Å². The Bertz CT molecular complexity index is 1170. The van der Waals surface area contributed by atoms with Crippen molar-refractivity contribution in [2.75, 3.05) is 7.11 Å². The summed E-state index contributed by atoms with van der Waals surface area (Å²) in [6.45, 7) is 0.295. The van der Waals surface area contributed by atoms with Crippen LogP contribution in [0.5, 0.6) is 5.75 Å². The van der Waals surface area contributed by atoms with Gasteiger partial charge in [-0.3, -0.25) is 9.79 Å². The van der Waals surface area contributed by atoms with Crippen LogP contribution >= 0.6 is 0 Å². The first-order chi connectivity index (χ1) is 16.5. The van der Waals surface area contributed by atoms with Gasteiger partial charge in [0.2, 0.25) is 0 Å². The molecule has 0 bridgehead atoms. The molecule has 2 aromatic carbocycles. The van der Waals surface area contributed by atoms with Crippen molar-refractivity contribution < 1.29 is 13.9 Å². The molecule has 0 saturated heterocycles. The molecule has 3 aliphatic rings. The fourth-order valence-electron chi connectivity index (χ4n) is 4.89. The Labute approximate surface area is 197 Å². The van der Waals surface area contributed by atoms with Gasteiger partial charge in [-0.25, -0.2) is 14.4 Å². The molecule has 2 unspecified atom stereocenters. The standard InChI is InChI=1S/C25H27FN6O2/c1-34-20-11-10-18(26)12-19(20)25(33)28-13-15-6-8-16(9-7-15)21-22-23(27)29-14-30-32(22)24(31-21)17-4-2-3-5-17/h6-12,14,17,21-22H,2-5,13H2,1H3,(H,28,33)(H2,27,29,30). The van der Waals surface area contributed by atoms with E-state index in [-0.39, 0.29) is 17.6 Å². The topological polar surface area (TPSA) is 105 Å². The number of hydrogen-bond donors (Lipinski definition) is 2. The molecule has 8 nitrogen and oxygen atoms in total. The lowest BCUT2D eigenvalue weighted by molar-refractivity contribution is 0.0947. The minimum absolute atomic E-state index is 0.159. The lowest BCUT2D eigenvalue weighted by atomic mass is 9.98. The monoisotopic (exact) mass is 462 g/mol. The highest BCUT2D eigenvalue weighted by atomic mass is 19.1. The SMILES string of the molecule is COc1ccc(F)cc1C(=O)NCc1ccc(C2N=C(C3CCCC3)N3N=CN=C(N)C23)cc1. The first kappa shape index (κ1) is 22.1. The number of nitrogens with two attached hydrogens (primary N) is 1. The maximum atomic E-state index is 13.6. The molecule has 176 valence electrons. The summed E-state index contributed by atoms with van der Waals surface area (Å²) in [5.41, 5.74) is 8.35. The second-order valence-electron chi connectivity index (χ2n) is 8.76. The van der Waals surface area contributed by atoms with Crippen LogP contribution in [0, 0.1) is 11.7 Å². The molecule has 2 heterocycles. The Morgan fingerprint density at radius 2 is 1.97 bits per heavy atom. The van der Waals surface area contributed by atoms with E-state index in [9.17, 15) is 9.18 Å². The largest absolute Gasteiger partial charge is 0.496 e. The number of amidine groups is 2. The Hall–Kier alpha value is -3.75. The van der Waals surface area contributed by atoms with Crippen molar-refractivity contribution >= 4 is 23.9 Å². The van der Waals surface area contributed by atoms with Crippen LogP contribution in [0.15, 0.2) is 57.6 Å². The lowest BCUT2D eigenvalue weighted by Crippen LogP contribution is -2.46. The van der Waals surface area contributed by atoms with E-state index in [0.717, 1.165) is 29.8 Å². The molecule has 1 fully saturated rings. The average molecular weight is 463 g/mol. The van der Waals surface area contributed by atoms with Crippen molar-refractivity contribution in [3.8, 4) is 5.75 Å². The number of benzene rings is 2. The Morgan fingerprint density at radius 1 is 1.21 bits per heavy atom. The predicted octanol–water partition coefficient (Wildman–Crippen LogP) is 3.39. The number of rotatable bonds is 6. The van der Waals surface area contributed by atoms with Crippen molar-refractivity contribution in [1.82, 2.24) is 10.3 Å². The second kappa shape index (κ2) is 9.24. The maximum Gasteiger partial charge on any atom is 0.255 e. The van der Waals surface area contributed by atoms with Crippen LogP contribution in [-0.2, 0) is 6.54 Å². The summed E-state index contributed by atoms with van der Waals surface area (Å²) in [7, 11) is 1.45. The van der Waals surface area contributed by atoms with Crippen LogP contribution in [0.4, 0.5) is 4.39 Å². The first-order valence-corrected chi connectivity index (χ1v) is 11.5. The van der Waals surface area contributed by atoms with Crippen LogP contribution in [-0.4, -0.2) is 42.1 Å². The molecule has 2 atom stereocenters. The van der Waals surface area contributed by atoms with E-state index >= 15 is 0 Å². The Kier molecular flexibility index (Phi) is 6.00. The number of fused-ring (bicyclic) bond motifs is 1. The van der Waals surface area contributed by atoms with Crippen molar-refractivity contribution in [3.63, 3.8) is 0 Å². The van der Waals surface area contributed by atoms with Gasteiger partial charge in [-0.05, 0) is 42.2 Å². The Morgan fingerprint density at radius 3 is 2.71 bits per heavy atom. The normalized spacial score (nSPS) is 21.8. The van der Waals surface area contributed by atoms with Gasteiger partial charge >= 0.3 is 0 Å². The summed E-state index contributed by atoms with van der Waals surface area (Å²) in [4.78, 5) is 21.8. The van der Waals surface area contributed by atoms with Gasteiger partial charge in [-0.15, -0.1) is 0 Å². The van der Waals surface area contributed by atoms with Crippen LogP contribution < -0.4 is 15.8 Å².